The Morgan fingerprint density at radius 1 is 1.23 bits per heavy atom. The number of likely N-dealkylation sites (tertiary alicyclic amines) is 1. The summed E-state index contributed by atoms with van der Waals surface area (Å²) in [6, 6.07) is 2.41. The van der Waals surface area contributed by atoms with E-state index in [-0.39, 0.29) is 35.2 Å². The van der Waals surface area contributed by atoms with E-state index in [1.54, 1.807) is 23.0 Å². The fourth-order valence-electron chi connectivity index (χ4n) is 5.62. The third-order valence-corrected chi connectivity index (χ3v) is 9.78. The maximum absolute atomic E-state index is 13.8. The van der Waals surface area contributed by atoms with Gasteiger partial charge in [-0.15, -0.1) is 0 Å². The molecule has 10 nitrogen and oxygen atoms in total. The standard InChI is InChI=1S/C27H37FN6O4S/c1-5-25(35)33-17-20(12-19(33)15-28)34-24-14-21(39(37,38)30-27(4)6-7-27)13-23(22(24)16-29-34)31-8-10-32(11-9-31)26(36)18(2)3/h5,13-14,16,18-20,30H,1,6-12,15,17H2,2-4H3/t19-,20+/m0/s1. The summed E-state index contributed by atoms with van der Waals surface area (Å²) in [5.41, 5.74) is 0.906. The molecule has 5 rings (SSSR count). The SMILES string of the molecule is C=CC(=O)N1C[C@H](n2ncc3c(N4CCN(C(=O)C(C)C)CC4)cc(S(=O)(=O)NC4(C)CC4)cc32)C[C@H]1CF. The van der Waals surface area contributed by atoms with Gasteiger partial charge in [0.05, 0.1) is 28.7 Å². The highest BCUT2D eigenvalue weighted by Crippen LogP contribution is 2.39. The molecular formula is C27H37FN6O4S. The van der Waals surface area contributed by atoms with Gasteiger partial charge >= 0.3 is 0 Å². The summed E-state index contributed by atoms with van der Waals surface area (Å²) in [5, 5.41) is 5.40. The summed E-state index contributed by atoms with van der Waals surface area (Å²) >= 11 is 0. The minimum atomic E-state index is -3.83. The lowest BCUT2D eigenvalue weighted by atomic mass is 10.1. The second-order valence-electron chi connectivity index (χ2n) is 11.5. The van der Waals surface area contributed by atoms with Crippen LogP contribution in [0.2, 0.25) is 0 Å². The molecule has 1 N–H and O–H groups in total. The molecule has 2 aliphatic heterocycles. The van der Waals surface area contributed by atoms with Gasteiger partial charge in [0.25, 0.3) is 0 Å². The zero-order chi connectivity index (χ0) is 28.1. The molecule has 212 valence electrons. The van der Waals surface area contributed by atoms with Crippen molar-refractivity contribution in [2.75, 3.05) is 44.3 Å². The Labute approximate surface area is 228 Å². The number of fused-ring (bicyclic) bond motifs is 1. The van der Waals surface area contributed by atoms with Crippen LogP contribution in [0, 0.1) is 5.92 Å². The Morgan fingerprint density at radius 2 is 1.92 bits per heavy atom. The van der Waals surface area contributed by atoms with Crippen LogP contribution < -0.4 is 9.62 Å². The van der Waals surface area contributed by atoms with Crippen LogP contribution >= 0.6 is 0 Å². The zero-order valence-electron chi connectivity index (χ0n) is 22.8. The van der Waals surface area contributed by atoms with Gasteiger partial charge in [0.2, 0.25) is 21.8 Å². The minimum absolute atomic E-state index is 0.0862. The number of carbonyl (C=O) groups is 2. The number of nitrogens with one attached hydrogen (secondary N) is 1. The summed E-state index contributed by atoms with van der Waals surface area (Å²) in [5.74, 6) is -0.318. The average Bonchev–Trinajstić information content (AvgIpc) is 3.30. The molecule has 0 unspecified atom stereocenters. The quantitative estimate of drug-likeness (QED) is 0.497. The third-order valence-electron chi connectivity index (χ3n) is 8.16. The van der Waals surface area contributed by atoms with Crippen LogP contribution in [0.4, 0.5) is 10.1 Å². The number of halogens is 1. The lowest BCUT2D eigenvalue weighted by molar-refractivity contribution is -0.134. The van der Waals surface area contributed by atoms with Gasteiger partial charge in [-0.2, -0.15) is 5.10 Å². The van der Waals surface area contributed by atoms with Gasteiger partial charge in [0, 0.05) is 55.3 Å². The molecule has 2 atom stereocenters. The third kappa shape index (κ3) is 5.28. The van der Waals surface area contributed by atoms with E-state index < -0.39 is 28.3 Å². The molecule has 2 amide bonds. The van der Waals surface area contributed by atoms with E-state index >= 15 is 0 Å². The van der Waals surface area contributed by atoms with Gasteiger partial charge in [-0.25, -0.2) is 17.5 Å². The van der Waals surface area contributed by atoms with Crippen LogP contribution in [0.3, 0.4) is 0 Å². The van der Waals surface area contributed by atoms with Crippen LogP contribution in [0.5, 0.6) is 0 Å². The van der Waals surface area contributed by atoms with Crippen LogP contribution in [0.1, 0.15) is 46.1 Å². The van der Waals surface area contributed by atoms with Gasteiger partial charge in [0.15, 0.2) is 0 Å². The zero-order valence-corrected chi connectivity index (χ0v) is 23.6. The Hall–Kier alpha value is -2.99. The molecule has 0 spiro atoms. The lowest BCUT2D eigenvalue weighted by Crippen LogP contribution is -2.50. The largest absolute Gasteiger partial charge is 0.367 e. The summed E-state index contributed by atoms with van der Waals surface area (Å²) in [4.78, 5) is 30.4. The molecule has 1 aromatic heterocycles. The van der Waals surface area contributed by atoms with E-state index in [0.717, 1.165) is 23.9 Å². The highest BCUT2D eigenvalue weighted by atomic mass is 32.2. The van der Waals surface area contributed by atoms with Crippen molar-refractivity contribution in [3.05, 3.63) is 31.0 Å². The Balaban J connectivity index is 1.53. The molecular weight excluding hydrogens is 523 g/mol. The first-order chi connectivity index (χ1) is 18.5. The molecule has 39 heavy (non-hydrogen) atoms. The molecule has 3 fully saturated rings. The molecule has 3 heterocycles. The van der Waals surface area contributed by atoms with E-state index in [1.165, 1.54) is 11.0 Å². The highest BCUT2D eigenvalue weighted by molar-refractivity contribution is 7.89. The van der Waals surface area contributed by atoms with Crippen molar-refractivity contribution in [3.63, 3.8) is 0 Å². The van der Waals surface area contributed by atoms with Crippen molar-refractivity contribution in [2.45, 2.75) is 62.6 Å². The number of rotatable bonds is 8. The van der Waals surface area contributed by atoms with E-state index in [0.29, 0.717) is 38.1 Å². The Bertz CT molecular complexity index is 1390. The molecule has 2 aromatic rings. The van der Waals surface area contributed by atoms with E-state index in [4.69, 9.17) is 0 Å². The summed E-state index contributed by atoms with van der Waals surface area (Å²) in [7, 11) is -3.83. The first-order valence-corrected chi connectivity index (χ1v) is 15.0. The minimum Gasteiger partial charge on any atom is -0.367 e. The number of amides is 2. The van der Waals surface area contributed by atoms with Crippen molar-refractivity contribution >= 4 is 38.4 Å². The Kier molecular flexibility index (Phi) is 7.21. The number of benzene rings is 1. The number of aromatic nitrogens is 2. The lowest BCUT2D eigenvalue weighted by Gasteiger charge is -2.37. The van der Waals surface area contributed by atoms with Crippen molar-refractivity contribution in [1.29, 1.82) is 0 Å². The molecule has 1 saturated carbocycles. The molecule has 0 radical (unpaired) electrons. The van der Waals surface area contributed by atoms with Gasteiger partial charge < -0.3 is 14.7 Å². The molecule has 3 aliphatic rings. The normalized spacial score (nSPS) is 23.1. The molecule has 0 bridgehead atoms. The number of sulfonamides is 1. The highest BCUT2D eigenvalue weighted by Gasteiger charge is 2.42. The van der Waals surface area contributed by atoms with E-state index in [9.17, 15) is 22.4 Å². The summed E-state index contributed by atoms with van der Waals surface area (Å²) < 4.78 is 45.4. The second kappa shape index (κ2) is 10.2. The predicted molar refractivity (Wildman–Crippen MR) is 147 cm³/mol. The van der Waals surface area contributed by atoms with Gasteiger partial charge in [-0.3, -0.25) is 14.3 Å². The smallest absolute Gasteiger partial charge is 0.246 e. The maximum Gasteiger partial charge on any atom is 0.246 e. The van der Waals surface area contributed by atoms with Crippen molar-refractivity contribution in [3.8, 4) is 0 Å². The van der Waals surface area contributed by atoms with Crippen LogP contribution in [0.25, 0.3) is 10.9 Å². The number of hydrogen-bond donors (Lipinski definition) is 1. The molecule has 12 heteroatoms. The fraction of sp³-hybridized carbons (Fsp3) is 0.593. The van der Waals surface area contributed by atoms with Crippen molar-refractivity contribution in [1.82, 2.24) is 24.3 Å². The fourth-order valence-corrected chi connectivity index (χ4v) is 7.12. The van der Waals surface area contributed by atoms with Crippen LogP contribution in [-0.4, -0.2) is 90.8 Å². The number of carbonyl (C=O) groups excluding carboxylic acids is 2. The van der Waals surface area contributed by atoms with Gasteiger partial charge in [-0.05, 0) is 44.4 Å². The topological polar surface area (TPSA) is 108 Å². The van der Waals surface area contributed by atoms with Gasteiger partial charge in [0.1, 0.15) is 6.67 Å². The first kappa shape index (κ1) is 27.6. The molecule has 2 saturated heterocycles. The van der Waals surface area contributed by atoms with Crippen molar-refractivity contribution in [2.24, 2.45) is 5.92 Å². The Morgan fingerprint density at radius 3 is 2.51 bits per heavy atom. The van der Waals surface area contributed by atoms with E-state index in [2.05, 4.69) is 21.3 Å². The number of hydrogen-bond acceptors (Lipinski definition) is 6. The number of piperazine rings is 1. The monoisotopic (exact) mass is 560 g/mol. The number of alkyl halides is 1. The number of anilines is 1. The average molecular weight is 561 g/mol. The summed E-state index contributed by atoms with van der Waals surface area (Å²) in [6.07, 6.45) is 4.83. The van der Waals surface area contributed by atoms with Crippen molar-refractivity contribution < 1.29 is 22.4 Å². The maximum atomic E-state index is 13.8. The summed E-state index contributed by atoms with van der Waals surface area (Å²) in [6.45, 7) is 11.0. The molecule has 1 aliphatic carbocycles. The first-order valence-electron chi connectivity index (χ1n) is 13.5. The second-order valence-corrected chi connectivity index (χ2v) is 13.2. The molecule has 1 aromatic carbocycles. The van der Waals surface area contributed by atoms with Gasteiger partial charge in [-0.1, -0.05) is 20.4 Å². The predicted octanol–water partition coefficient (Wildman–Crippen LogP) is 2.47. The van der Waals surface area contributed by atoms with Crippen LogP contribution in [-0.2, 0) is 19.6 Å². The van der Waals surface area contributed by atoms with Crippen LogP contribution in [0.15, 0.2) is 35.9 Å². The van der Waals surface area contributed by atoms with E-state index in [1.807, 2.05) is 25.7 Å². The number of nitrogens with zero attached hydrogens (tertiary/aromatic N) is 5.